The molecule has 8 nitrogen and oxygen atoms in total. The van der Waals surface area contributed by atoms with Crippen LogP contribution in [0, 0.1) is 12.9 Å². The average molecular weight is 388 g/mol. The van der Waals surface area contributed by atoms with Gasteiger partial charge in [0, 0.05) is 0 Å². The molecule has 0 unspecified atom stereocenters. The fourth-order valence-corrected chi connectivity index (χ4v) is 3.88. The summed E-state index contributed by atoms with van der Waals surface area (Å²) in [5, 5.41) is 2.70. The van der Waals surface area contributed by atoms with Gasteiger partial charge in [0.15, 0.2) is 0 Å². The molecule has 0 aliphatic carbocycles. The summed E-state index contributed by atoms with van der Waals surface area (Å²) in [6, 6.07) is 3.72. The monoisotopic (exact) mass is 388 g/mol. The first-order valence-corrected chi connectivity index (χ1v) is 9.39. The first-order valence-electron chi connectivity index (χ1n) is 7.09. The lowest BCUT2D eigenvalue weighted by Crippen LogP contribution is -2.27. The number of pyridine rings is 1. The van der Waals surface area contributed by atoms with Gasteiger partial charge in [-0.05, 0) is 39.8 Å². The highest BCUT2D eigenvalue weighted by Gasteiger charge is 2.24. The van der Waals surface area contributed by atoms with E-state index in [4.69, 9.17) is 4.74 Å². The Morgan fingerprint density at radius 3 is 2.56 bits per heavy atom. The Hall–Kier alpha value is -2.27. The summed E-state index contributed by atoms with van der Waals surface area (Å²) in [6.07, 6.45) is -0.719. The number of nitrogens with one attached hydrogen (secondary N) is 2. The molecule has 0 radical (unpaired) electrons. The molecule has 0 atom stereocenters. The number of halogens is 1. The molecule has 2 aromatic rings. The van der Waals surface area contributed by atoms with Crippen molar-refractivity contribution in [1.82, 2.24) is 9.97 Å². The molecule has 0 saturated heterocycles. The second-order valence-corrected chi connectivity index (χ2v) is 8.83. The van der Waals surface area contributed by atoms with Crippen molar-refractivity contribution < 1.29 is 22.3 Å². The van der Waals surface area contributed by atoms with Gasteiger partial charge in [0.1, 0.15) is 16.4 Å². The van der Waals surface area contributed by atoms with Crippen molar-refractivity contribution in [3.05, 3.63) is 29.8 Å². The second kappa shape index (κ2) is 6.92. The zero-order valence-corrected chi connectivity index (χ0v) is 15.6. The van der Waals surface area contributed by atoms with E-state index >= 15 is 0 Å². The maximum Gasteiger partial charge on any atom is 0.412 e. The molecule has 0 aliphatic heterocycles. The van der Waals surface area contributed by atoms with E-state index in [0.717, 1.165) is 17.4 Å². The number of sulfonamides is 1. The number of hydrogen-bond acceptors (Lipinski definition) is 7. The van der Waals surface area contributed by atoms with E-state index < -0.39 is 27.7 Å². The molecule has 2 heterocycles. The van der Waals surface area contributed by atoms with Crippen LogP contribution in [0.1, 0.15) is 26.5 Å². The molecule has 0 spiro atoms. The molecular formula is C14H17FN4O4S2. The number of rotatable bonds is 4. The predicted octanol–water partition coefficient (Wildman–Crippen LogP) is 3.13. The van der Waals surface area contributed by atoms with Crippen LogP contribution in [0.3, 0.4) is 0 Å². The molecule has 2 N–H and O–H groups in total. The summed E-state index contributed by atoms with van der Waals surface area (Å²) >= 11 is 0.749. The summed E-state index contributed by atoms with van der Waals surface area (Å²) in [5.74, 6) is -0.989. The Morgan fingerprint density at radius 2 is 1.96 bits per heavy atom. The van der Waals surface area contributed by atoms with Gasteiger partial charge in [-0.15, -0.1) is 0 Å². The van der Waals surface area contributed by atoms with Crippen molar-refractivity contribution in [3.8, 4) is 0 Å². The van der Waals surface area contributed by atoms with E-state index in [2.05, 4.69) is 20.0 Å². The van der Waals surface area contributed by atoms with Gasteiger partial charge < -0.3 is 4.74 Å². The number of ether oxygens (including phenoxy) is 1. The Kier molecular flexibility index (Phi) is 5.28. The van der Waals surface area contributed by atoms with Crippen molar-refractivity contribution in [2.24, 2.45) is 0 Å². The van der Waals surface area contributed by atoms with Gasteiger partial charge >= 0.3 is 6.09 Å². The number of nitrogens with zero attached hydrogens (tertiary/aromatic N) is 2. The van der Waals surface area contributed by atoms with Crippen LogP contribution in [0.5, 0.6) is 0 Å². The van der Waals surface area contributed by atoms with Crippen LogP contribution >= 0.6 is 11.3 Å². The highest BCUT2D eigenvalue weighted by atomic mass is 32.2. The van der Waals surface area contributed by atoms with Crippen LogP contribution in [0.15, 0.2) is 22.5 Å². The number of aromatic nitrogens is 2. The summed E-state index contributed by atoms with van der Waals surface area (Å²) in [4.78, 5) is 19.2. The van der Waals surface area contributed by atoms with E-state index in [1.807, 2.05) is 0 Å². The van der Waals surface area contributed by atoms with Crippen LogP contribution < -0.4 is 10.0 Å². The van der Waals surface area contributed by atoms with E-state index in [-0.39, 0.29) is 15.2 Å². The van der Waals surface area contributed by atoms with E-state index in [1.165, 1.54) is 12.1 Å². The molecule has 2 aromatic heterocycles. The molecule has 136 valence electrons. The minimum absolute atomic E-state index is 0.172. The third kappa shape index (κ3) is 5.36. The highest BCUT2D eigenvalue weighted by Crippen LogP contribution is 2.28. The Morgan fingerprint density at radius 1 is 1.28 bits per heavy atom. The molecular weight excluding hydrogens is 371 g/mol. The molecule has 11 heteroatoms. The second-order valence-electron chi connectivity index (χ2n) is 5.97. The number of carbonyl (C=O) groups is 1. The van der Waals surface area contributed by atoms with E-state index in [0.29, 0.717) is 5.69 Å². The van der Waals surface area contributed by atoms with Crippen molar-refractivity contribution in [1.29, 1.82) is 0 Å². The quantitative estimate of drug-likeness (QED) is 0.779. The maximum absolute atomic E-state index is 13.1. The van der Waals surface area contributed by atoms with Gasteiger partial charge in [-0.25, -0.2) is 14.8 Å². The van der Waals surface area contributed by atoms with E-state index in [9.17, 15) is 17.6 Å². The van der Waals surface area contributed by atoms with Gasteiger partial charge in [0.05, 0.1) is 5.69 Å². The van der Waals surface area contributed by atoms with Crippen molar-refractivity contribution >= 4 is 38.3 Å². The molecule has 0 saturated carbocycles. The number of hydrogen-bond donors (Lipinski definition) is 2. The smallest absolute Gasteiger partial charge is 0.412 e. The lowest BCUT2D eigenvalue weighted by atomic mass is 10.2. The summed E-state index contributed by atoms with van der Waals surface area (Å²) in [7, 11) is -4.07. The van der Waals surface area contributed by atoms with Gasteiger partial charge in [-0.1, -0.05) is 17.4 Å². The number of amides is 1. The average Bonchev–Trinajstić information content (AvgIpc) is 2.78. The normalized spacial score (nSPS) is 11.9. The van der Waals surface area contributed by atoms with Gasteiger partial charge in [0.25, 0.3) is 10.0 Å². The Balaban J connectivity index is 2.19. The largest absolute Gasteiger partial charge is 0.444 e. The lowest BCUT2D eigenvalue weighted by Gasteiger charge is -2.19. The standard InChI is InChI=1S/C14H17FN4O4S2/c1-8-11(18-12(20)23-14(2,3)4)24-13(16-8)25(21,22)19-10-7-5-6-9(15)17-10/h5-7H,1-4H3,(H,17,19)(H,18,20). The first kappa shape index (κ1) is 19.1. The number of thiazole rings is 1. The number of carbonyl (C=O) groups excluding carboxylic acids is 1. The molecule has 0 aromatic carbocycles. The molecule has 25 heavy (non-hydrogen) atoms. The van der Waals surface area contributed by atoms with Crippen LogP contribution in [0.25, 0.3) is 0 Å². The molecule has 2 rings (SSSR count). The minimum atomic E-state index is -4.07. The molecule has 0 aliphatic rings. The fourth-order valence-electron chi connectivity index (χ4n) is 1.65. The van der Waals surface area contributed by atoms with Gasteiger partial charge in [-0.3, -0.25) is 10.0 Å². The van der Waals surface area contributed by atoms with Crippen LogP contribution in [0.4, 0.5) is 20.0 Å². The Labute approximate surface area is 148 Å². The fraction of sp³-hybridized carbons (Fsp3) is 0.357. The minimum Gasteiger partial charge on any atom is -0.444 e. The summed E-state index contributed by atoms with van der Waals surface area (Å²) in [5.41, 5.74) is -0.384. The summed E-state index contributed by atoms with van der Waals surface area (Å²) in [6.45, 7) is 6.66. The van der Waals surface area contributed by atoms with Crippen molar-refractivity contribution in [2.45, 2.75) is 37.6 Å². The molecule has 0 fully saturated rings. The lowest BCUT2D eigenvalue weighted by molar-refractivity contribution is 0.0636. The Bertz CT molecular complexity index is 890. The summed E-state index contributed by atoms with van der Waals surface area (Å²) < 4.78 is 44.7. The first-order chi connectivity index (χ1) is 11.5. The van der Waals surface area contributed by atoms with Gasteiger partial charge in [0.2, 0.25) is 10.3 Å². The highest BCUT2D eigenvalue weighted by molar-refractivity contribution is 7.94. The SMILES string of the molecule is Cc1nc(S(=O)(=O)Nc2cccc(F)n2)sc1NC(=O)OC(C)(C)C. The van der Waals surface area contributed by atoms with Crippen LogP contribution in [-0.2, 0) is 14.8 Å². The molecule has 1 amide bonds. The maximum atomic E-state index is 13.1. The third-order valence-electron chi connectivity index (χ3n) is 2.58. The van der Waals surface area contributed by atoms with E-state index in [1.54, 1.807) is 27.7 Å². The third-order valence-corrected chi connectivity index (χ3v) is 5.38. The predicted molar refractivity (Wildman–Crippen MR) is 91.7 cm³/mol. The zero-order chi connectivity index (χ0) is 18.8. The van der Waals surface area contributed by atoms with Crippen LogP contribution in [0.2, 0.25) is 0 Å². The van der Waals surface area contributed by atoms with Crippen molar-refractivity contribution in [3.63, 3.8) is 0 Å². The molecule has 0 bridgehead atoms. The number of anilines is 2. The van der Waals surface area contributed by atoms with Crippen molar-refractivity contribution in [2.75, 3.05) is 10.0 Å². The van der Waals surface area contributed by atoms with Gasteiger partial charge in [-0.2, -0.15) is 12.8 Å². The van der Waals surface area contributed by atoms with Crippen LogP contribution in [-0.4, -0.2) is 30.1 Å². The zero-order valence-electron chi connectivity index (χ0n) is 14.0. The number of aryl methyl sites for hydroxylation is 1. The topological polar surface area (TPSA) is 110 Å².